The summed E-state index contributed by atoms with van der Waals surface area (Å²) in [6, 6.07) is 9.41. The third-order valence-corrected chi connectivity index (χ3v) is 2.61. The lowest BCUT2D eigenvalue weighted by molar-refractivity contribution is 0.0988. The van der Waals surface area contributed by atoms with E-state index in [2.05, 4.69) is 9.24 Å². The second-order valence-electron chi connectivity index (χ2n) is 2.75. The molecule has 2 unspecified atom stereocenters. The van der Waals surface area contributed by atoms with Gasteiger partial charge in [0.05, 0.1) is 0 Å². The molecule has 0 aromatic heterocycles. The molecule has 0 fully saturated rings. The highest BCUT2D eigenvalue weighted by atomic mass is 31.0. The van der Waals surface area contributed by atoms with E-state index in [1.807, 2.05) is 37.3 Å². The van der Waals surface area contributed by atoms with E-state index in [0.717, 1.165) is 12.0 Å². The van der Waals surface area contributed by atoms with E-state index in [1.165, 1.54) is 0 Å². The zero-order chi connectivity index (χ0) is 8.97. The predicted molar refractivity (Wildman–Crippen MR) is 54.6 cm³/mol. The van der Waals surface area contributed by atoms with Crippen molar-refractivity contribution in [1.29, 1.82) is 0 Å². The third-order valence-electron chi connectivity index (χ3n) is 1.83. The average molecular weight is 180 g/mol. The Labute approximate surface area is 75.4 Å². The Kier molecular flexibility index (Phi) is 3.43. The molecule has 0 heterocycles. The van der Waals surface area contributed by atoms with Crippen molar-refractivity contribution in [1.82, 2.24) is 0 Å². The quantitative estimate of drug-likeness (QED) is 0.516. The van der Waals surface area contributed by atoms with Crippen LogP contribution in [0.2, 0.25) is 0 Å². The molecule has 0 saturated heterocycles. The molecule has 0 aliphatic rings. The molecule has 0 N–H and O–H groups in total. The number of rotatable bonds is 3. The van der Waals surface area contributed by atoms with Gasteiger partial charge in [-0.2, -0.15) is 0 Å². The lowest BCUT2D eigenvalue weighted by atomic mass is 10.1. The molecule has 1 rings (SSSR count). The van der Waals surface area contributed by atoms with Crippen LogP contribution in [-0.2, 0) is 0 Å². The van der Waals surface area contributed by atoms with Crippen molar-refractivity contribution in [2.75, 3.05) is 0 Å². The van der Waals surface area contributed by atoms with E-state index in [-0.39, 0.29) is 11.4 Å². The SMILES string of the molecule is CCC(P)C(=O)c1ccccc1. The number of benzene rings is 1. The van der Waals surface area contributed by atoms with Crippen LogP contribution in [0, 0.1) is 0 Å². The van der Waals surface area contributed by atoms with Gasteiger partial charge in [0.15, 0.2) is 5.78 Å². The Hall–Kier alpha value is -0.680. The van der Waals surface area contributed by atoms with Crippen molar-refractivity contribution in [2.45, 2.75) is 19.0 Å². The van der Waals surface area contributed by atoms with Crippen molar-refractivity contribution < 1.29 is 4.79 Å². The normalized spacial score (nSPS) is 12.5. The minimum Gasteiger partial charge on any atom is -0.293 e. The Morgan fingerprint density at radius 1 is 1.42 bits per heavy atom. The van der Waals surface area contributed by atoms with Crippen LogP contribution in [0.1, 0.15) is 23.7 Å². The Balaban J connectivity index is 2.79. The van der Waals surface area contributed by atoms with E-state index >= 15 is 0 Å². The van der Waals surface area contributed by atoms with Crippen molar-refractivity contribution in [3.05, 3.63) is 35.9 Å². The maximum absolute atomic E-state index is 11.6. The zero-order valence-electron chi connectivity index (χ0n) is 7.16. The van der Waals surface area contributed by atoms with Gasteiger partial charge in [-0.15, -0.1) is 9.24 Å². The van der Waals surface area contributed by atoms with Gasteiger partial charge in [0.1, 0.15) is 0 Å². The van der Waals surface area contributed by atoms with Crippen molar-refractivity contribution in [3.63, 3.8) is 0 Å². The van der Waals surface area contributed by atoms with Crippen LogP contribution < -0.4 is 0 Å². The summed E-state index contributed by atoms with van der Waals surface area (Å²) in [6.07, 6.45) is 0.873. The highest BCUT2D eigenvalue weighted by Crippen LogP contribution is 2.12. The van der Waals surface area contributed by atoms with E-state index in [0.29, 0.717) is 0 Å². The molecule has 0 bridgehead atoms. The molecule has 2 heteroatoms. The summed E-state index contributed by atoms with van der Waals surface area (Å²) < 4.78 is 0. The van der Waals surface area contributed by atoms with Gasteiger partial charge < -0.3 is 0 Å². The van der Waals surface area contributed by atoms with Crippen LogP contribution in [0.3, 0.4) is 0 Å². The van der Waals surface area contributed by atoms with Crippen molar-refractivity contribution in [3.8, 4) is 0 Å². The minimum atomic E-state index is 0.0624. The second-order valence-corrected chi connectivity index (χ2v) is 3.55. The summed E-state index contributed by atoms with van der Waals surface area (Å²) in [6.45, 7) is 2.01. The van der Waals surface area contributed by atoms with Crippen LogP contribution in [0.5, 0.6) is 0 Å². The first-order valence-electron chi connectivity index (χ1n) is 4.10. The van der Waals surface area contributed by atoms with E-state index in [1.54, 1.807) is 0 Å². The lowest BCUT2D eigenvalue weighted by Gasteiger charge is -2.05. The number of carbonyl (C=O) groups excluding carboxylic acids is 1. The number of carbonyl (C=O) groups is 1. The molecule has 0 saturated carbocycles. The zero-order valence-corrected chi connectivity index (χ0v) is 8.31. The maximum Gasteiger partial charge on any atom is 0.169 e. The molecular weight excluding hydrogens is 167 g/mol. The molecule has 0 aliphatic carbocycles. The van der Waals surface area contributed by atoms with Crippen LogP contribution in [-0.4, -0.2) is 11.4 Å². The van der Waals surface area contributed by atoms with Gasteiger partial charge in [-0.1, -0.05) is 37.3 Å². The molecule has 0 radical (unpaired) electrons. The molecule has 0 aliphatic heterocycles. The third kappa shape index (κ3) is 2.15. The maximum atomic E-state index is 11.6. The van der Waals surface area contributed by atoms with Gasteiger partial charge in [-0.3, -0.25) is 4.79 Å². The largest absolute Gasteiger partial charge is 0.293 e. The average Bonchev–Trinajstić information content (AvgIpc) is 2.17. The smallest absolute Gasteiger partial charge is 0.169 e. The Morgan fingerprint density at radius 2 is 2.00 bits per heavy atom. The first kappa shape index (κ1) is 9.41. The van der Waals surface area contributed by atoms with Crippen LogP contribution in [0.4, 0.5) is 0 Å². The number of hydrogen-bond donors (Lipinski definition) is 0. The molecule has 0 amide bonds. The fourth-order valence-electron chi connectivity index (χ4n) is 1.00. The molecule has 1 nitrogen and oxygen atoms in total. The van der Waals surface area contributed by atoms with Gasteiger partial charge >= 0.3 is 0 Å². The molecule has 2 atom stereocenters. The number of ketones is 1. The van der Waals surface area contributed by atoms with E-state index < -0.39 is 0 Å². The fraction of sp³-hybridized carbons (Fsp3) is 0.300. The summed E-state index contributed by atoms with van der Waals surface area (Å²) in [5.74, 6) is 0.211. The highest BCUT2D eigenvalue weighted by molar-refractivity contribution is 7.19. The van der Waals surface area contributed by atoms with Gasteiger partial charge in [-0.25, -0.2) is 0 Å². The fourth-order valence-corrected chi connectivity index (χ4v) is 1.19. The lowest BCUT2D eigenvalue weighted by Crippen LogP contribution is -2.12. The first-order chi connectivity index (χ1) is 5.75. The molecule has 0 spiro atoms. The van der Waals surface area contributed by atoms with Crippen LogP contribution >= 0.6 is 9.24 Å². The summed E-state index contributed by atoms with van der Waals surface area (Å²) in [4.78, 5) is 11.6. The molecule has 1 aromatic rings. The molecule has 1 aromatic carbocycles. The van der Waals surface area contributed by atoms with E-state index in [9.17, 15) is 4.79 Å². The first-order valence-corrected chi connectivity index (χ1v) is 4.77. The molecular formula is C10H13OP. The number of hydrogen-bond acceptors (Lipinski definition) is 1. The predicted octanol–water partition coefficient (Wildman–Crippen LogP) is 2.52. The highest BCUT2D eigenvalue weighted by Gasteiger charge is 2.11. The standard InChI is InChI=1S/C10H13OP/c1-2-9(12)10(11)8-6-4-3-5-7-8/h3-7,9H,2,12H2,1H3. The van der Waals surface area contributed by atoms with Gasteiger partial charge in [0.25, 0.3) is 0 Å². The minimum absolute atomic E-state index is 0.0624. The summed E-state index contributed by atoms with van der Waals surface area (Å²) >= 11 is 0. The van der Waals surface area contributed by atoms with Crippen molar-refractivity contribution >= 4 is 15.0 Å². The summed E-state index contributed by atoms with van der Waals surface area (Å²) in [7, 11) is 2.57. The van der Waals surface area contributed by atoms with E-state index in [4.69, 9.17) is 0 Å². The monoisotopic (exact) mass is 180 g/mol. The van der Waals surface area contributed by atoms with Crippen LogP contribution in [0.25, 0.3) is 0 Å². The van der Waals surface area contributed by atoms with Gasteiger partial charge in [0.2, 0.25) is 0 Å². The Morgan fingerprint density at radius 3 is 2.50 bits per heavy atom. The molecule has 64 valence electrons. The van der Waals surface area contributed by atoms with Gasteiger partial charge in [0, 0.05) is 11.2 Å². The Bertz CT molecular complexity index is 256. The molecule has 12 heavy (non-hydrogen) atoms. The number of Topliss-reactive ketones (excluding diaryl/α,β-unsaturated/α-hetero) is 1. The summed E-state index contributed by atoms with van der Waals surface area (Å²) in [5, 5.41) is 0. The van der Waals surface area contributed by atoms with Crippen molar-refractivity contribution in [2.24, 2.45) is 0 Å². The van der Waals surface area contributed by atoms with Gasteiger partial charge in [-0.05, 0) is 6.42 Å². The summed E-state index contributed by atoms with van der Waals surface area (Å²) in [5.41, 5.74) is 0.867. The second kappa shape index (κ2) is 4.37. The van der Waals surface area contributed by atoms with Crippen LogP contribution in [0.15, 0.2) is 30.3 Å². The topological polar surface area (TPSA) is 17.1 Å².